The zero-order chi connectivity index (χ0) is 14.7. The largest absolute Gasteiger partial charge is 0.465 e. The topological polar surface area (TPSA) is 66.2 Å². The minimum Gasteiger partial charge on any atom is -0.465 e. The number of nitrogens with zero attached hydrogens (tertiary/aromatic N) is 3. The lowest BCUT2D eigenvalue weighted by atomic mass is 10.2. The van der Waals surface area contributed by atoms with Crippen LogP contribution in [0.2, 0.25) is 5.15 Å². The molecule has 0 atom stereocenters. The van der Waals surface area contributed by atoms with Crippen LogP contribution in [0.15, 0.2) is 24.3 Å². The van der Waals surface area contributed by atoms with Crippen LogP contribution in [0.25, 0.3) is 0 Å². The van der Waals surface area contributed by atoms with Crippen LogP contribution in [0.1, 0.15) is 15.2 Å². The summed E-state index contributed by atoms with van der Waals surface area (Å²) in [6.45, 7) is 0. The fourth-order valence-electron chi connectivity index (χ4n) is 1.55. The molecule has 0 fully saturated rings. The number of hydrogen-bond donors (Lipinski definition) is 0. The van der Waals surface area contributed by atoms with Gasteiger partial charge in [-0.1, -0.05) is 29.0 Å². The van der Waals surface area contributed by atoms with Crippen LogP contribution in [0.4, 0.5) is 10.8 Å². The first-order chi connectivity index (χ1) is 9.56. The van der Waals surface area contributed by atoms with E-state index in [1.807, 2.05) is 6.07 Å². The van der Waals surface area contributed by atoms with Gasteiger partial charge in [-0.15, -0.1) is 0 Å². The van der Waals surface area contributed by atoms with Gasteiger partial charge in [-0.05, 0) is 18.2 Å². The van der Waals surface area contributed by atoms with Crippen molar-refractivity contribution in [3.63, 3.8) is 0 Å². The van der Waals surface area contributed by atoms with Gasteiger partial charge in [-0.3, -0.25) is 0 Å². The second-order valence-electron chi connectivity index (χ2n) is 3.83. The molecule has 1 aromatic carbocycles. The number of aromatic nitrogens is 1. The molecule has 0 radical (unpaired) electrons. The quantitative estimate of drug-likeness (QED) is 0.814. The van der Waals surface area contributed by atoms with Gasteiger partial charge in [0.25, 0.3) is 0 Å². The summed E-state index contributed by atoms with van der Waals surface area (Å²) < 4.78 is 4.64. The van der Waals surface area contributed by atoms with E-state index in [9.17, 15) is 4.79 Å². The number of esters is 1. The summed E-state index contributed by atoms with van der Waals surface area (Å²) in [5.41, 5.74) is 1.33. The molecule has 0 unspecified atom stereocenters. The Morgan fingerprint density at radius 1 is 1.55 bits per heavy atom. The van der Waals surface area contributed by atoms with Crippen LogP contribution >= 0.6 is 22.9 Å². The molecule has 0 amide bonds. The van der Waals surface area contributed by atoms with E-state index < -0.39 is 5.97 Å². The summed E-state index contributed by atoms with van der Waals surface area (Å²) in [4.78, 5) is 17.7. The number of carbonyl (C=O) groups is 1. The average molecular weight is 308 g/mol. The van der Waals surface area contributed by atoms with Gasteiger partial charge in [-0.25, -0.2) is 9.78 Å². The Morgan fingerprint density at radius 3 is 2.95 bits per heavy atom. The van der Waals surface area contributed by atoms with Crippen molar-refractivity contribution in [2.75, 3.05) is 19.1 Å². The van der Waals surface area contributed by atoms with Gasteiger partial charge in [0, 0.05) is 12.7 Å². The van der Waals surface area contributed by atoms with Gasteiger partial charge >= 0.3 is 5.97 Å². The van der Waals surface area contributed by atoms with Gasteiger partial charge in [0.05, 0.1) is 18.7 Å². The Morgan fingerprint density at radius 2 is 2.30 bits per heavy atom. The Kier molecular flexibility index (Phi) is 4.23. The average Bonchev–Trinajstić information content (AvgIpc) is 2.87. The Labute approximate surface area is 125 Å². The first-order valence-corrected chi connectivity index (χ1v) is 6.74. The van der Waals surface area contributed by atoms with Crippen molar-refractivity contribution in [2.24, 2.45) is 0 Å². The maximum atomic E-state index is 11.5. The summed E-state index contributed by atoms with van der Waals surface area (Å²) in [6, 6.07) is 9.14. The number of benzene rings is 1. The lowest BCUT2D eigenvalue weighted by molar-refractivity contribution is 0.0606. The molecule has 5 nitrogen and oxygen atoms in total. The van der Waals surface area contributed by atoms with E-state index in [0.29, 0.717) is 10.7 Å². The van der Waals surface area contributed by atoms with Gasteiger partial charge in [-0.2, -0.15) is 5.26 Å². The molecule has 0 spiro atoms. The highest BCUT2D eigenvalue weighted by atomic mass is 35.5. The van der Waals surface area contributed by atoms with E-state index >= 15 is 0 Å². The monoisotopic (exact) mass is 307 g/mol. The lowest BCUT2D eigenvalue weighted by Gasteiger charge is -2.15. The standard InChI is InChI=1S/C13H10ClN3O2S/c1-17(9-5-3-4-8(6-9)7-15)13-16-11(14)10(20-13)12(18)19-2/h3-6H,1-2H3. The zero-order valence-corrected chi connectivity index (χ0v) is 12.3. The van der Waals surface area contributed by atoms with Crippen LogP contribution in [0, 0.1) is 11.3 Å². The molecule has 0 aliphatic rings. The molecule has 102 valence electrons. The highest BCUT2D eigenvalue weighted by Gasteiger charge is 2.19. The van der Waals surface area contributed by atoms with Crippen LogP contribution in [-0.4, -0.2) is 25.1 Å². The van der Waals surface area contributed by atoms with Crippen molar-refractivity contribution in [1.82, 2.24) is 4.98 Å². The predicted molar refractivity (Wildman–Crippen MR) is 77.7 cm³/mol. The van der Waals surface area contributed by atoms with E-state index in [-0.39, 0.29) is 10.0 Å². The number of nitriles is 1. The number of halogens is 1. The predicted octanol–water partition coefficient (Wildman–Crippen LogP) is 3.22. The molecule has 0 aliphatic carbocycles. The molecule has 7 heteroatoms. The molecule has 1 aromatic heterocycles. The van der Waals surface area contributed by atoms with Gasteiger partial charge in [0.2, 0.25) is 0 Å². The Bertz CT molecular complexity index is 693. The molecular formula is C13H10ClN3O2S. The molecule has 2 rings (SSSR count). The van der Waals surface area contributed by atoms with E-state index in [1.54, 1.807) is 30.1 Å². The molecule has 0 bridgehead atoms. The third-order valence-electron chi connectivity index (χ3n) is 2.59. The molecule has 0 N–H and O–H groups in total. The highest BCUT2D eigenvalue weighted by molar-refractivity contribution is 7.18. The van der Waals surface area contributed by atoms with Gasteiger partial charge in [0.1, 0.15) is 0 Å². The molecule has 1 heterocycles. The lowest BCUT2D eigenvalue weighted by Crippen LogP contribution is -2.08. The third-order valence-corrected chi connectivity index (χ3v) is 4.09. The summed E-state index contributed by atoms with van der Waals surface area (Å²) in [6.07, 6.45) is 0. The van der Waals surface area contributed by atoms with Gasteiger partial charge < -0.3 is 9.64 Å². The molecule has 0 saturated heterocycles. The SMILES string of the molecule is COC(=O)c1sc(N(C)c2cccc(C#N)c2)nc1Cl. The first-order valence-electron chi connectivity index (χ1n) is 5.55. The Hall–Kier alpha value is -2.10. The van der Waals surface area contributed by atoms with Crippen LogP contribution in [0.3, 0.4) is 0 Å². The fourth-order valence-corrected chi connectivity index (χ4v) is 2.73. The maximum Gasteiger partial charge on any atom is 0.351 e. The molecule has 20 heavy (non-hydrogen) atoms. The first kappa shape index (κ1) is 14.3. The van der Waals surface area contributed by atoms with E-state index in [4.69, 9.17) is 16.9 Å². The number of hydrogen-bond acceptors (Lipinski definition) is 6. The summed E-state index contributed by atoms with van der Waals surface area (Å²) >= 11 is 7.06. The Balaban J connectivity index is 2.36. The number of anilines is 2. The minimum atomic E-state index is -0.516. The van der Waals surface area contributed by atoms with Gasteiger partial charge in [0.15, 0.2) is 15.2 Å². The number of methoxy groups -OCH3 is 1. The van der Waals surface area contributed by atoms with Crippen LogP contribution < -0.4 is 4.90 Å². The van der Waals surface area contributed by atoms with Crippen LogP contribution in [0.5, 0.6) is 0 Å². The van der Waals surface area contributed by atoms with Crippen molar-refractivity contribution in [2.45, 2.75) is 0 Å². The van der Waals surface area contributed by atoms with E-state index in [2.05, 4.69) is 15.8 Å². The second-order valence-corrected chi connectivity index (χ2v) is 5.16. The number of thiazole rings is 1. The van der Waals surface area contributed by atoms with Crippen molar-refractivity contribution in [1.29, 1.82) is 5.26 Å². The van der Waals surface area contributed by atoms with E-state index in [1.165, 1.54) is 7.11 Å². The molecular weight excluding hydrogens is 298 g/mol. The smallest absolute Gasteiger partial charge is 0.351 e. The molecule has 0 saturated carbocycles. The number of rotatable bonds is 3. The van der Waals surface area contributed by atoms with E-state index in [0.717, 1.165) is 17.0 Å². The van der Waals surface area contributed by atoms with Crippen molar-refractivity contribution < 1.29 is 9.53 Å². The normalized spacial score (nSPS) is 9.90. The number of ether oxygens (including phenoxy) is 1. The maximum absolute atomic E-state index is 11.5. The molecule has 2 aromatic rings. The fraction of sp³-hybridized carbons (Fsp3) is 0.154. The van der Waals surface area contributed by atoms with Crippen LogP contribution in [-0.2, 0) is 4.74 Å². The summed E-state index contributed by atoms with van der Waals surface area (Å²) in [5, 5.41) is 9.56. The second kappa shape index (κ2) is 5.90. The third kappa shape index (κ3) is 2.74. The summed E-state index contributed by atoms with van der Waals surface area (Å²) in [5.74, 6) is -0.516. The zero-order valence-electron chi connectivity index (χ0n) is 10.8. The highest BCUT2D eigenvalue weighted by Crippen LogP contribution is 2.33. The number of carbonyl (C=O) groups excluding carboxylic acids is 1. The van der Waals surface area contributed by atoms with Crippen molar-refractivity contribution >= 4 is 39.7 Å². The van der Waals surface area contributed by atoms with Crippen molar-refractivity contribution in [3.05, 3.63) is 39.9 Å². The molecule has 0 aliphatic heterocycles. The minimum absolute atomic E-state index is 0.111. The summed E-state index contributed by atoms with van der Waals surface area (Å²) in [7, 11) is 3.07. The van der Waals surface area contributed by atoms with Crippen molar-refractivity contribution in [3.8, 4) is 6.07 Å².